The lowest BCUT2D eigenvalue weighted by Crippen LogP contribution is -2.32. The van der Waals surface area contributed by atoms with E-state index >= 15 is 0 Å². The van der Waals surface area contributed by atoms with Crippen molar-refractivity contribution in [3.63, 3.8) is 0 Å². The first kappa shape index (κ1) is 15.2. The molecular weight excluding hydrogens is 316 g/mol. The molecule has 2 aromatic heterocycles. The smallest absolute Gasteiger partial charge is 0.300 e. The minimum Gasteiger partial charge on any atom is -0.300 e. The fourth-order valence-electron chi connectivity index (χ4n) is 2.19. The molecule has 2 heterocycles. The lowest BCUT2D eigenvalue weighted by atomic mass is 10.1. The van der Waals surface area contributed by atoms with Crippen LogP contribution in [-0.2, 0) is 11.3 Å². The third kappa shape index (κ3) is 3.07. The highest BCUT2D eigenvalue weighted by atomic mass is 32.1. The molecule has 0 aliphatic carbocycles. The zero-order valence-electron chi connectivity index (χ0n) is 12.5. The van der Waals surface area contributed by atoms with Crippen molar-refractivity contribution in [2.45, 2.75) is 20.4 Å². The summed E-state index contributed by atoms with van der Waals surface area (Å²) in [6.07, 6.45) is 1.29. The summed E-state index contributed by atoms with van der Waals surface area (Å²) < 4.78 is 2.15. The number of rotatable bonds is 3. The number of amides is 1. The van der Waals surface area contributed by atoms with Crippen molar-refractivity contribution in [1.82, 2.24) is 14.5 Å². The third-order valence-electron chi connectivity index (χ3n) is 3.40. The Balaban J connectivity index is 1.83. The molecule has 0 aliphatic rings. The van der Waals surface area contributed by atoms with E-state index in [0.29, 0.717) is 5.13 Å². The Morgan fingerprint density at radius 1 is 1.26 bits per heavy atom. The van der Waals surface area contributed by atoms with Crippen molar-refractivity contribution in [3.05, 3.63) is 56.4 Å². The Morgan fingerprint density at radius 2 is 2.00 bits per heavy atom. The van der Waals surface area contributed by atoms with E-state index in [1.54, 1.807) is 0 Å². The Bertz CT molecular complexity index is 976. The number of aryl methyl sites for hydroxylation is 2. The Hall–Kier alpha value is -2.74. The largest absolute Gasteiger partial charge is 0.328 e. The van der Waals surface area contributed by atoms with Crippen LogP contribution >= 0.6 is 11.3 Å². The maximum atomic E-state index is 12.1. The number of fused-ring (bicyclic) bond motifs is 1. The van der Waals surface area contributed by atoms with Crippen LogP contribution in [-0.4, -0.2) is 20.4 Å². The maximum absolute atomic E-state index is 12.1. The summed E-state index contributed by atoms with van der Waals surface area (Å²) >= 11 is 1.40. The van der Waals surface area contributed by atoms with Gasteiger partial charge in [-0.05, 0) is 25.0 Å². The standard InChI is InChI=1S/C15H14N4O3S/c1-8-3-4-9(2)13-12(8)18-14(23-13)16-11(21)7-19-6-5-10(20)17-15(19)22/h3-6H,7H2,1-2H3,(H,16,18,21)(H,17,20,22). The Morgan fingerprint density at radius 3 is 2.70 bits per heavy atom. The van der Waals surface area contributed by atoms with Crippen molar-refractivity contribution >= 4 is 32.6 Å². The quantitative estimate of drug-likeness (QED) is 0.758. The second kappa shape index (κ2) is 5.81. The molecule has 0 spiro atoms. The first-order valence-corrected chi connectivity index (χ1v) is 7.72. The summed E-state index contributed by atoms with van der Waals surface area (Å²) in [7, 11) is 0. The van der Waals surface area contributed by atoms with Crippen molar-refractivity contribution in [2.75, 3.05) is 5.32 Å². The maximum Gasteiger partial charge on any atom is 0.328 e. The van der Waals surface area contributed by atoms with Gasteiger partial charge in [0.15, 0.2) is 5.13 Å². The van der Waals surface area contributed by atoms with Crippen molar-refractivity contribution in [2.24, 2.45) is 0 Å². The molecule has 0 unspecified atom stereocenters. The molecule has 23 heavy (non-hydrogen) atoms. The second-order valence-corrected chi connectivity index (χ2v) is 6.18. The minimum atomic E-state index is -0.622. The number of hydrogen-bond acceptors (Lipinski definition) is 5. The van der Waals surface area contributed by atoms with Crippen LogP contribution in [0.5, 0.6) is 0 Å². The SMILES string of the molecule is Cc1ccc(C)c2sc(NC(=O)Cn3ccc(=O)[nH]c3=O)nc12. The van der Waals surface area contributed by atoms with Gasteiger partial charge in [-0.1, -0.05) is 23.5 Å². The molecule has 0 atom stereocenters. The number of thiazole rings is 1. The number of aromatic amines is 1. The molecule has 0 radical (unpaired) electrons. The fraction of sp³-hybridized carbons (Fsp3) is 0.200. The van der Waals surface area contributed by atoms with E-state index in [2.05, 4.69) is 15.3 Å². The molecule has 1 amide bonds. The van der Waals surface area contributed by atoms with Gasteiger partial charge in [-0.25, -0.2) is 9.78 Å². The van der Waals surface area contributed by atoms with Gasteiger partial charge in [0.2, 0.25) is 5.91 Å². The summed E-state index contributed by atoms with van der Waals surface area (Å²) in [5.41, 5.74) is 1.89. The summed E-state index contributed by atoms with van der Waals surface area (Å²) in [6, 6.07) is 5.20. The van der Waals surface area contributed by atoms with E-state index in [4.69, 9.17) is 0 Å². The average molecular weight is 330 g/mol. The van der Waals surface area contributed by atoms with Gasteiger partial charge in [-0.15, -0.1) is 0 Å². The second-order valence-electron chi connectivity index (χ2n) is 5.18. The lowest BCUT2D eigenvalue weighted by Gasteiger charge is -2.03. The van der Waals surface area contributed by atoms with E-state index in [-0.39, 0.29) is 12.5 Å². The number of aromatic nitrogens is 3. The van der Waals surface area contributed by atoms with E-state index in [0.717, 1.165) is 25.9 Å². The van der Waals surface area contributed by atoms with Crippen LogP contribution in [0.2, 0.25) is 0 Å². The Kier molecular flexibility index (Phi) is 3.83. The fourth-order valence-corrected chi connectivity index (χ4v) is 3.22. The van der Waals surface area contributed by atoms with Crippen molar-refractivity contribution < 1.29 is 4.79 Å². The van der Waals surface area contributed by atoms with E-state index < -0.39 is 11.2 Å². The van der Waals surface area contributed by atoms with Crippen LogP contribution in [0.25, 0.3) is 10.2 Å². The molecule has 7 nitrogen and oxygen atoms in total. The highest BCUT2D eigenvalue weighted by Crippen LogP contribution is 2.30. The summed E-state index contributed by atoms with van der Waals surface area (Å²) in [4.78, 5) is 41.2. The van der Waals surface area contributed by atoms with Crippen LogP contribution in [0, 0.1) is 13.8 Å². The van der Waals surface area contributed by atoms with E-state index in [1.165, 1.54) is 23.6 Å². The molecule has 0 saturated carbocycles. The van der Waals surface area contributed by atoms with Gasteiger partial charge in [-0.3, -0.25) is 19.1 Å². The molecule has 8 heteroatoms. The number of carbonyl (C=O) groups is 1. The topological polar surface area (TPSA) is 96.9 Å². The molecule has 0 bridgehead atoms. The van der Waals surface area contributed by atoms with Crippen LogP contribution in [0.3, 0.4) is 0 Å². The van der Waals surface area contributed by atoms with Crippen LogP contribution in [0.15, 0.2) is 34.0 Å². The van der Waals surface area contributed by atoms with Crippen molar-refractivity contribution in [3.8, 4) is 0 Å². The zero-order valence-corrected chi connectivity index (χ0v) is 13.4. The molecule has 2 N–H and O–H groups in total. The monoisotopic (exact) mass is 330 g/mol. The molecule has 118 valence electrons. The van der Waals surface area contributed by atoms with Gasteiger partial charge in [0.1, 0.15) is 6.54 Å². The summed E-state index contributed by atoms with van der Waals surface area (Å²) in [5, 5.41) is 3.18. The normalized spacial score (nSPS) is 10.9. The number of nitrogens with one attached hydrogen (secondary N) is 2. The first-order chi connectivity index (χ1) is 10.9. The summed E-state index contributed by atoms with van der Waals surface area (Å²) in [6.45, 7) is 3.77. The van der Waals surface area contributed by atoms with Crippen molar-refractivity contribution in [1.29, 1.82) is 0 Å². The highest BCUT2D eigenvalue weighted by molar-refractivity contribution is 7.22. The number of anilines is 1. The molecule has 0 saturated heterocycles. The zero-order chi connectivity index (χ0) is 16.6. The number of carbonyl (C=O) groups excluding carboxylic acids is 1. The summed E-state index contributed by atoms with van der Waals surface area (Å²) in [5.74, 6) is -0.381. The first-order valence-electron chi connectivity index (χ1n) is 6.90. The molecule has 3 rings (SSSR count). The molecular formula is C15H14N4O3S. The Labute approximate surface area is 134 Å². The van der Waals surface area contributed by atoms with Crippen LogP contribution in [0.1, 0.15) is 11.1 Å². The van der Waals surface area contributed by atoms with E-state index in [1.807, 2.05) is 26.0 Å². The van der Waals surface area contributed by atoms with E-state index in [9.17, 15) is 14.4 Å². The third-order valence-corrected chi connectivity index (χ3v) is 4.51. The number of hydrogen-bond donors (Lipinski definition) is 2. The van der Waals surface area contributed by atoms with Gasteiger partial charge in [0.25, 0.3) is 5.56 Å². The van der Waals surface area contributed by atoms with Crippen LogP contribution < -0.4 is 16.6 Å². The average Bonchev–Trinajstić information content (AvgIpc) is 2.91. The van der Waals surface area contributed by atoms with Gasteiger partial charge < -0.3 is 5.32 Å². The highest BCUT2D eigenvalue weighted by Gasteiger charge is 2.12. The molecule has 3 aromatic rings. The number of H-pyrrole nitrogens is 1. The van der Waals surface area contributed by atoms with Gasteiger partial charge >= 0.3 is 5.69 Å². The molecule has 0 fully saturated rings. The number of benzene rings is 1. The van der Waals surface area contributed by atoms with Gasteiger partial charge in [-0.2, -0.15) is 0 Å². The van der Waals surface area contributed by atoms with Crippen LogP contribution in [0.4, 0.5) is 5.13 Å². The molecule has 1 aromatic carbocycles. The van der Waals surface area contributed by atoms with Gasteiger partial charge in [0, 0.05) is 12.3 Å². The minimum absolute atomic E-state index is 0.191. The lowest BCUT2D eigenvalue weighted by molar-refractivity contribution is -0.116. The predicted octanol–water partition coefficient (Wildman–Crippen LogP) is 1.40. The molecule has 0 aliphatic heterocycles. The van der Waals surface area contributed by atoms with Gasteiger partial charge in [0.05, 0.1) is 10.2 Å². The number of nitrogens with zero attached hydrogens (tertiary/aromatic N) is 2. The predicted molar refractivity (Wildman–Crippen MR) is 89.0 cm³/mol.